The molecule has 2 heterocycles. The summed E-state index contributed by atoms with van der Waals surface area (Å²) in [6, 6.07) is 11.9. The zero-order valence-corrected chi connectivity index (χ0v) is 17.2. The van der Waals surface area contributed by atoms with Crippen molar-refractivity contribution in [2.24, 2.45) is 0 Å². The van der Waals surface area contributed by atoms with Crippen LogP contribution in [0.4, 0.5) is 0 Å². The highest BCUT2D eigenvalue weighted by Crippen LogP contribution is 2.25. The van der Waals surface area contributed by atoms with Crippen LogP contribution < -0.4 is 10.9 Å². The van der Waals surface area contributed by atoms with E-state index in [1.807, 2.05) is 36.4 Å². The van der Waals surface area contributed by atoms with Gasteiger partial charge in [-0.2, -0.15) is 0 Å². The number of carbonyl (C=O) groups is 1. The van der Waals surface area contributed by atoms with Crippen molar-refractivity contribution in [1.82, 2.24) is 14.9 Å². The molecule has 0 saturated heterocycles. The Morgan fingerprint density at radius 3 is 2.86 bits per heavy atom. The van der Waals surface area contributed by atoms with Crippen molar-refractivity contribution < 1.29 is 4.79 Å². The maximum Gasteiger partial charge on any atom is 0.262 e. The summed E-state index contributed by atoms with van der Waals surface area (Å²) in [4.78, 5) is 31.6. The van der Waals surface area contributed by atoms with Crippen LogP contribution in [0.3, 0.4) is 0 Å². The molecule has 7 heteroatoms. The van der Waals surface area contributed by atoms with Crippen LogP contribution in [0, 0.1) is 12.3 Å². The highest BCUT2D eigenvalue weighted by molar-refractivity contribution is 7.99. The molecule has 0 aliphatic rings. The second-order valence-electron chi connectivity index (χ2n) is 6.14. The van der Waals surface area contributed by atoms with Gasteiger partial charge in [-0.05, 0) is 24.5 Å². The second-order valence-corrected chi connectivity index (χ2v) is 8.20. The largest absolute Gasteiger partial charge is 0.344 e. The molecule has 0 radical (unpaired) electrons. The molecule has 1 N–H and O–H groups in total. The first kappa shape index (κ1) is 20.2. The summed E-state index contributed by atoms with van der Waals surface area (Å²) < 4.78 is 1.68. The molecule has 5 nitrogen and oxygen atoms in total. The third-order valence-corrected chi connectivity index (χ3v) is 6.35. The van der Waals surface area contributed by atoms with Gasteiger partial charge in [0, 0.05) is 11.4 Å². The van der Waals surface area contributed by atoms with E-state index < -0.39 is 0 Å². The highest BCUT2D eigenvalue weighted by Gasteiger charge is 2.15. The average molecular weight is 412 g/mol. The number of terminal acetylenes is 1. The molecule has 0 aliphatic heterocycles. The lowest BCUT2D eigenvalue weighted by molar-refractivity contribution is -0.118. The standard InChI is InChI=1S/C21H21N3O2S2/c1-3-11-22-18(25)14-27-21-23-19-17(13-16(4-2)28-19)20(26)24(21)12-10-15-8-6-5-7-9-15/h1,5-9,13H,4,10-12,14H2,2H3,(H,22,25). The van der Waals surface area contributed by atoms with Gasteiger partial charge in [0.05, 0.1) is 17.7 Å². The lowest BCUT2D eigenvalue weighted by Gasteiger charge is -2.12. The van der Waals surface area contributed by atoms with E-state index in [2.05, 4.69) is 18.2 Å². The maximum absolute atomic E-state index is 13.1. The monoisotopic (exact) mass is 411 g/mol. The molecular weight excluding hydrogens is 390 g/mol. The average Bonchev–Trinajstić information content (AvgIpc) is 3.14. The van der Waals surface area contributed by atoms with Crippen LogP contribution in [0.2, 0.25) is 0 Å². The minimum absolute atomic E-state index is 0.0524. The fourth-order valence-corrected chi connectivity index (χ4v) is 4.61. The third-order valence-electron chi connectivity index (χ3n) is 4.20. The summed E-state index contributed by atoms with van der Waals surface area (Å²) in [5.74, 6) is 2.37. The minimum atomic E-state index is -0.174. The van der Waals surface area contributed by atoms with Crippen molar-refractivity contribution in [2.75, 3.05) is 12.3 Å². The molecule has 0 unspecified atom stereocenters. The zero-order chi connectivity index (χ0) is 19.9. The molecule has 144 valence electrons. The summed E-state index contributed by atoms with van der Waals surface area (Å²) >= 11 is 2.80. The molecule has 3 aromatic rings. The van der Waals surface area contributed by atoms with Gasteiger partial charge in [-0.15, -0.1) is 17.8 Å². The van der Waals surface area contributed by atoms with Crippen molar-refractivity contribution in [2.45, 2.75) is 31.5 Å². The molecule has 0 fully saturated rings. The molecule has 0 aliphatic carbocycles. The van der Waals surface area contributed by atoms with Gasteiger partial charge in [-0.3, -0.25) is 14.2 Å². The Morgan fingerprint density at radius 2 is 2.14 bits per heavy atom. The van der Waals surface area contributed by atoms with Crippen LogP contribution >= 0.6 is 23.1 Å². The number of aromatic nitrogens is 2. The molecule has 1 amide bonds. The van der Waals surface area contributed by atoms with E-state index >= 15 is 0 Å². The minimum Gasteiger partial charge on any atom is -0.344 e. The van der Waals surface area contributed by atoms with E-state index in [1.54, 1.807) is 4.57 Å². The number of hydrogen-bond acceptors (Lipinski definition) is 5. The number of hydrogen-bond donors (Lipinski definition) is 1. The summed E-state index contributed by atoms with van der Waals surface area (Å²) in [5, 5.41) is 3.85. The van der Waals surface area contributed by atoms with Crippen LogP contribution in [-0.4, -0.2) is 27.8 Å². The third kappa shape index (κ3) is 4.83. The molecule has 3 rings (SSSR count). The number of carbonyl (C=O) groups excluding carboxylic acids is 1. The van der Waals surface area contributed by atoms with Crippen molar-refractivity contribution >= 4 is 39.2 Å². The van der Waals surface area contributed by atoms with Crippen LogP contribution in [0.25, 0.3) is 10.2 Å². The van der Waals surface area contributed by atoms with Gasteiger partial charge in [-0.25, -0.2) is 4.98 Å². The molecule has 0 saturated carbocycles. The van der Waals surface area contributed by atoms with Gasteiger partial charge in [0.2, 0.25) is 5.91 Å². The van der Waals surface area contributed by atoms with Crippen LogP contribution in [0.1, 0.15) is 17.4 Å². The number of aryl methyl sites for hydroxylation is 2. The Balaban J connectivity index is 1.90. The quantitative estimate of drug-likeness (QED) is 0.351. The molecule has 0 spiro atoms. The van der Waals surface area contributed by atoms with Gasteiger partial charge in [0.1, 0.15) is 4.83 Å². The fraction of sp³-hybridized carbons (Fsp3) is 0.286. The summed E-state index contributed by atoms with van der Waals surface area (Å²) in [6.07, 6.45) is 6.75. The number of benzene rings is 1. The Morgan fingerprint density at radius 1 is 1.36 bits per heavy atom. The number of nitrogens with one attached hydrogen (secondary N) is 1. The van der Waals surface area contributed by atoms with Crippen molar-refractivity contribution in [3.05, 3.63) is 57.2 Å². The van der Waals surface area contributed by atoms with E-state index in [-0.39, 0.29) is 23.8 Å². The SMILES string of the molecule is C#CCNC(=O)CSc1nc2sc(CC)cc2c(=O)n1CCc1ccccc1. The molecule has 1 aromatic carbocycles. The summed E-state index contributed by atoms with van der Waals surface area (Å²) in [7, 11) is 0. The molecule has 0 bridgehead atoms. The van der Waals surface area contributed by atoms with E-state index in [0.717, 1.165) is 28.1 Å². The van der Waals surface area contributed by atoms with Crippen LogP contribution in [0.15, 0.2) is 46.3 Å². The van der Waals surface area contributed by atoms with Crippen LogP contribution in [-0.2, 0) is 24.2 Å². The summed E-state index contributed by atoms with van der Waals surface area (Å²) in [6.45, 7) is 2.76. The lowest BCUT2D eigenvalue weighted by Crippen LogP contribution is -2.27. The first-order valence-electron chi connectivity index (χ1n) is 9.02. The van der Waals surface area contributed by atoms with E-state index in [0.29, 0.717) is 17.1 Å². The maximum atomic E-state index is 13.1. The van der Waals surface area contributed by atoms with Gasteiger partial charge in [-0.1, -0.05) is 54.9 Å². The predicted octanol–water partition coefficient (Wildman–Crippen LogP) is 3.10. The summed E-state index contributed by atoms with van der Waals surface area (Å²) in [5.41, 5.74) is 1.10. The van der Waals surface area contributed by atoms with Crippen molar-refractivity contribution in [3.8, 4) is 12.3 Å². The number of rotatable bonds is 8. The Labute approximate surface area is 172 Å². The van der Waals surface area contributed by atoms with E-state index in [1.165, 1.54) is 23.1 Å². The predicted molar refractivity (Wildman–Crippen MR) is 116 cm³/mol. The molecular formula is C21H21N3O2S2. The van der Waals surface area contributed by atoms with Gasteiger partial charge in [0.25, 0.3) is 5.56 Å². The van der Waals surface area contributed by atoms with Crippen molar-refractivity contribution in [3.63, 3.8) is 0 Å². The number of nitrogens with zero attached hydrogens (tertiary/aromatic N) is 2. The normalized spacial score (nSPS) is 10.7. The number of thiophene rings is 1. The van der Waals surface area contributed by atoms with E-state index in [4.69, 9.17) is 11.4 Å². The number of amides is 1. The van der Waals surface area contributed by atoms with Gasteiger partial charge in [0.15, 0.2) is 5.16 Å². The van der Waals surface area contributed by atoms with Gasteiger partial charge < -0.3 is 5.32 Å². The van der Waals surface area contributed by atoms with E-state index in [9.17, 15) is 9.59 Å². The molecule has 2 aromatic heterocycles. The van der Waals surface area contributed by atoms with Crippen LogP contribution in [0.5, 0.6) is 0 Å². The fourth-order valence-electron chi connectivity index (χ4n) is 2.75. The smallest absolute Gasteiger partial charge is 0.262 e. The Bertz CT molecular complexity index is 1060. The zero-order valence-electron chi connectivity index (χ0n) is 15.6. The van der Waals surface area contributed by atoms with Gasteiger partial charge >= 0.3 is 0 Å². The highest BCUT2D eigenvalue weighted by atomic mass is 32.2. The molecule has 28 heavy (non-hydrogen) atoms. The first-order valence-corrected chi connectivity index (χ1v) is 10.8. The Kier molecular flexibility index (Phi) is 6.90. The lowest BCUT2D eigenvalue weighted by atomic mass is 10.1. The Hall–Kier alpha value is -2.56. The second kappa shape index (κ2) is 9.58. The first-order chi connectivity index (χ1) is 13.6. The number of fused-ring (bicyclic) bond motifs is 1. The molecule has 0 atom stereocenters. The number of thioether (sulfide) groups is 1. The topological polar surface area (TPSA) is 64.0 Å². The van der Waals surface area contributed by atoms with Crippen molar-refractivity contribution in [1.29, 1.82) is 0 Å².